The predicted octanol–water partition coefficient (Wildman–Crippen LogP) is 1.91. The van der Waals surface area contributed by atoms with Crippen LogP contribution in [0, 0.1) is 26.7 Å². The van der Waals surface area contributed by atoms with E-state index in [2.05, 4.69) is 4.72 Å². The van der Waals surface area contributed by atoms with Gasteiger partial charge < -0.3 is 5.11 Å². The first-order chi connectivity index (χ1) is 8.69. The number of nitrogens with one attached hydrogen (secondary N) is 1. The zero-order chi connectivity index (χ0) is 14.8. The van der Waals surface area contributed by atoms with Crippen LogP contribution >= 0.6 is 0 Å². The molecule has 19 heavy (non-hydrogen) atoms. The Bertz CT molecular complexity index is 529. The highest BCUT2D eigenvalue weighted by Gasteiger charge is 2.24. The lowest BCUT2D eigenvalue weighted by Crippen LogP contribution is -2.38. The highest BCUT2D eigenvalue weighted by Crippen LogP contribution is 2.22. The zero-order valence-corrected chi connectivity index (χ0v) is 13.0. The lowest BCUT2D eigenvalue weighted by Gasteiger charge is -2.21. The zero-order valence-electron chi connectivity index (χ0n) is 12.2. The molecule has 0 amide bonds. The Balaban J connectivity index is 3.15. The van der Waals surface area contributed by atoms with Crippen LogP contribution in [0.25, 0.3) is 0 Å². The third-order valence-electron chi connectivity index (χ3n) is 3.36. The van der Waals surface area contributed by atoms with Crippen LogP contribution in [0.5, 0.6) is 0 Å². The molecule has 0 radical (unpaired) electrons. The maximum Gasteiger partial charge on any atom is 0.241 e. The Hall–Kier alpha value is -0.910. The largest absolute Gasteiger partial charge is 0.396 e. The molecule has 0 fully saturated rings. The first-order valence-electron chi connectivity index (χ1n) is 6.40. The fourth-order valence-corrected chi connectivity index (χ4v) is 3.97. The van der Waals surface area contributed by atoms with Gasteiger partial charge in [-0.3, -0.25) is 0 Å². The molecule has 108 valence electrons. The molecule has 0 spiro atoms. The molecule has 0 saturated carbocycles. The van der Waals surface area contributed by atoms with E-state index in [1.165, 1.54) is 0 Å². The van der Waals surface area contributed by atoms with Crippen LogP contribution in [0.1, 0.15) is 30.5 Å². The van der Waals surface area contributed by atoms with E-state index in [-0.39, 0.29) is 18.6 Å². The molecule has 2 unspecified atom stereocenters. The van der Waals surface area contributed by atoms with Gasteiger partial charge in [0.25, 0.3) is 0 Å². The Morgan fingerprint density at radius 3 is 2.05 bits per heavy atom. The summed E-state index contributed by atoms with van der Waals surface area (Å²) in [6, 6.07) is 3.42. The molecule has 1 rings (SSSR count). The summed E-state index contributed by atoms with van der Waals surface area (Å²) < 4.78 is 27.5. The normalized spacial score (nSPS) is 15.3. The molecule has 0 aliphatic heterocycles. The van der Waals surface area contributed by atoms with E-state index >= 15 is 0 Å². The molecule has 0 aliphatic rings. The summed E-state index contributed by atoms with van der Waals surface area (Å²) in [5.41, 5.74) is 2.54. The molecule has 0 bridgehead atoms. The van der Waals surface area contributed by atoms with Crippen molar-refractivity contribution in [3.63, 3.8) is 0 Å². The van der Waals surface area contributed by atoms with E-state index in [4.69, 9.17) is 5.11 Å². The summed E-state index contributed by atoms with van der Waals surface area (Å²) in [4.78, 5) is 0.343. The minimum Gasteiger partial charge on any atom is -0.396 e. The molecule has 4 nitrogen and oxygen atoms in total. The van der Waals surface area contributed by atoms with E-state index in [1.807, 2.05) is 26.0 Å². The van der Waals surface area contributed by atoms with Crippen molar-refractivity contribution < 1.29 is 13.5 Å². The van der Waals surface area contributed by atoms with Gasteiger partial charge in [-0.05, 0) is 44.7 Å². The van der Waals surface area contributed by atoms with Crippen molar-refractivity contribution in [2.75, 3.05) is 6.61 Å². The van der Waals surface area contributed by atoms with Crippen molar-refractivity contribution in [3.05, 3.63) is 28.8 Å². The number of hydrogen-bond donors (Lipinski definition) is 2. The Morgan fingerprint density at radius 1 is 1.16 bits per heavy atom. The van der Waals surface area contributed by atoms with Gasteiger partial charge in [-0.2, -0.15) is 0 Å². The van der Waals surface area contributed by atoms with E-state index < -0.39 is 10.0 Å². The second-order valence-electron chi connectivity index (χ2n) is 5.30. The molecular weight excluding hydrogens is 262 g/mol. The molecule has 1 aromatic rings. The number of aryl methyl sites for hydroxylation is 3. The molecule has 0 heterocycles. The maximum absolute atomic E-state index is 12.4. The third kappa shape index (κ3) is 3.78. The van der Waals surface area contributed by atoms with Crippen molar-refractivity contribution in [3.8, 4) is 0 Å². The first kappa shape index (κ1) is 16.1. The van der Waals surface area contributed by atoms with Crippen molar-refractivity contribution in [1.29, 1.82) is 0 Å². The second-order valence-corrected chi connectivity index (χ2v) is 6.95. The molecular formula is C14H23NO3S. The quantitative estimate of drug-likeness (QED) is 0.868. The summed E-state index contributed by atoms with van der Waals surface area (Å²) in [6.45, 7) is 9.07. The first-order valence-corrected chi connectivity index (χ1v) is 7.88. The molecule has 0 aliphatic carbocycles. The van der Waals surface area contributed by atoms with Gasteiger partial charge >= 0.3 is 0 Å². The molecule has 5 heteroatoms. The second kappa shape index (κ2) is 6.03. The van der Waals surface area contributed by atoms with Gasteiger partial charge in [0.15, 0.2) is 0 Å². The summed E-state index contributed by atoms with van der Waals surface area (Å²) in [5.74, 6) is -0.124. The monoisotopic (exact) mass is 285 g/mol. The number of aliphatic hydroxyl groups excluding tert-OH is 1. The van der Waals surface area contributed by atoms with E-state index in [9.17, 15) is 8.42 Å². The van der Waals surface area contributed by atoms with Crippen molar-refractivity contribution >= 4 is 10.0 Å². The Morgan fingerprint density at radius 2 is 1.63 bits per heavy atom. The number of rotatable bonds is 5. The van der Waals surface area contributed by atoms with Crippen LogP contribution in [-0.2, 0) is 10.0 Å². The molecule has 1 aromatic carbocycles. The van der Waals surface area contributed by atoms with Crippen molar-refractivity contribution in [2.24, 2.45) is 5.92 Å². The van der Waals surface area contributed by atoms with Crippen molar-refractivity contribution in [2.45, 2.75) is 45.6 Å². The third-order valence-corrected chi connectivity index (χ3v) is 5.22. The highest BCUT2D eigenvalue weighted by molar-refractivity contribution is 7.89. The Labute approximate surface area is 115 Å². The van der Waals surface area contributed by atoms with Crippen LogP contribution < -0.4 is 4.72 Å². The standard InChI is InChI=1S/C14H23NO3S/c1-9-6-10(2)14(11(3)7-9)19(17,18)15-13(5)12(4)8-16/h6-7,12-13,15-16H,8H2,1-5H3. The maximum atomic E-state index is 12.4. The van der Waals surface area contributed by atoms with Gasteiger partial charge in [0.2, 0.25) is 10.0 Å². The molecule has 2 N–H and O–H groups in total. The van der Waals surface area contributed by atoms with Crippen molar-refractivity contribution in [1.82, 2.24) is 4.72 Å². The average Bonchev–Trinajstić information content (AvgIpc) is 2.24. The van der Waals surface area contributed by atoms with Gasteiger partial charge in [0, 0.05) is 12.6 Å². The summed E-state index contributed by atoms with van der Waals surface area (Å²) >= 11 is 0. The van der Waals surface area contributed by atoms with Gasteiger partial charge in [0.1, 0.15) is 0 Å². The van der Waals surface area contributed by atoms with Gasteiger partial charge in [-0.1, -0.05) is 24.6 Å². The van der Waals surface area contributed by atoms with Crippen LogP contribution in [0.2, 0.25) is 0 Å². The van der Waals surface area contributed by atoms with Crippen LogP contribution in [0.15, 0.2) is 17.0 Å². The van der Waals surface area contributed by atoms with E-state index in [1.54, 1.807) is 20.8 Å². The number of benzene rings is 1. The topological polar surface area (TPSA) is 66.4 Å². The summed E-state index contributed by atoms with van der Waals surface area (Å²) in [6.07, 6.45) is 0. The number of aliphatic hydroxyl groups is 1. The number of hydrogen-bond acceptors (Lipinski definition) is 3. The number of sulfonamides is 1. The van der Waals surface area contributed by atoms with Gasteiger partial charge in [0.05, 0.1) is 4.90 Å². The molecule has 0 aromatic heterocycles. The van der Waals surface area contributed by atoms with Crippen LogP contribution in [0.4, 0.5) is 0 Å². The van der Waals surface area contributed by atoms with E-state index in [0.717, 1.165) is 16.7 Å². The smallest absolute Gasteiger partial charge is 0.241 e. The highest BCUT2D eigenvalue weighted by atomic mass is 32.2. The fourth-order valence-electron chi connectivity index (χ4n) is 2.17. The Kier molecular flexibility index (Phi) is 5.12. The van der Waals surface area contributed by atoms with Gasteiger partial charge in [-0.15, -0.1) is 0 Å². The summed E-state index contributed by atoms with van der Waals surface area (Å²) in [5, 5.41) is 9.08. The molecule has 0 saturated heterocycles. The van der Waals surface area contributed by atoms with Crippen LogP contribution in [0.3, 0.4) is 0 Å². The average molecular weight is 285 g/mol. The van der Waals surface area contributed by atoms with E-state index in [0.29, 0.717) is 4.90 Å². The minimum absolute atomic E-state index is 0.0461. The fraction of sp³-hybridized carbons (Fsp3) is 0.571. The summed E-state index contributed by atoms with van der Waals surface area (Å²) in [7, 11) is -3.55. The van der Waals surface area contributed by atoms with Gasteiger partial charge in [-0.25, -0.2) is 13.1 Å². The predicted molar refractivity (Wildman–Crippen MR) is 76.7 cm³/mol. The lowest BCUT2D eigenvalue weighted by atomic mass is 10.1. The SMILES string of the molecule is Cc1cc(C)c(S(=O)(=O)NC(C)C(C)CO)c(C)c1. The molecule has 2 atom stereocenters. The lowest BCUT2D eigenvalue weighted by molar-refractivity contribution is 0.216. The minimum atomic E-state index is -3.55. The van der Waals surface area contributed by atoms with Crippen LogP contribution in [-0.4, -0.2) is 26.2 Å².